The quantitative estimate of drug-likeness (QED) is 0.477. The van der Waals surface area contributed by atoms with Gasteiger partial charge in [-0.1, -0.05) is 6.92 Å². The summed E-state index contributed by atoms with van der Waals surface area (Å²) in [6.07, 6.45) is 0. The third-order valence-electron chi connectivity index (χ3n) is 2.35. The van der Waals surface area contributed by atoms with Crippen LogP contribution in [-0.2, 0) is 0 Å². The number of hydrazine groups is 1. The maximum absolute atomic E-state index is 3.33. The fourth-order valence-electron chi connectivity index (χ4n) is 1.44. The van der Waals surface area contributed by atoms with Crippen LogP contribution in [0.3, 0.4) is 0 Å². The Morgan fingerprint density at radius 2 is 2.25 bits per heavy atom. The van der Waals surface area contributed by atoms with Gasteiger partial charge in [0, 0.05) is 19.6 Å². The standard InChI is InChI=1S/C6H12N2/c1-5-2-7-8-3-6(5)4-8/h5-7H,2-4H2,1H3. The Morgan fingerprint density at radius 3 is 2.50 bits per heavy atom. The molecule has 2 heteroatoms. The molecule has 46 valence electrons. The highest BCUT2D eigenvalue weighted by molar-refractivity contribution is 4.86. The van der Waals surface area contributed by atoms with E-state index in [0.29, 0.717) is 0 Å². The van der Waals surface area contributed by atoms with Gasteiger partial charge in [-0.15, -0.1) is 0 Å². The maximum atomic E-state index is 3.33. The van der Waals surface area contributed by atoms with E-state index >= 15 is 0 Å². The van der Waals surface area contributed by atoms with Gasteiger partial charge in [-0.2, -0.15) is 0 Å². The summed E-state index contributed by atoms with van der Waals surface area (Å²) < 4.78 is 0. The first-order valence-corrected chi connectivity index (χ1v) is 3.35. The average molecular weight is 112 g/mol. The minimum atomic E-state index is 0.917. The molecule has 3 rings (SSSR count). The minimum Gasteiger partial charge on any atom is -0.255 e. The molecule has 0 radical (unpaired) electrons. The molecule has 3 heterocycles. The molecule has 3 fully saturated rings. The van der Waals surface area contributed by atoms with E-state index in [0.717, 1.165) is 11.8 Å². The molecule has 0 aliphatic carbocycles. The van der Waals surface area contributed by atoms with Gasteiger partial charge >= 0.3 is 0 Å². The van der Waals surface area contributed by atoms with Gasteiger partial charge in [0.15, 0.2) is 0 Å². The Balaban J connectivity index is 2.01. The van der Waals surface area contributed by atoms with Crippen molar-refractivity contribution in [2.75, 3.05) is 19.6 Å². The van der Waals surface area contributed by atoms with Crippen molar-refractivity contribution in [2.45, 2.75) is 6.92 Å². The summed E-state index contributed by atoms with van der Waals surface area (Å²) in [5.74, 6) is 1.93. The van der Waals surface area contributed by atoms with Gasteiger partial charge in [0.05, 0.1) is 0 Å². The van der Waals surface area contributed by atoms with Crippen molar-refractivity contribution < 1.29 is 0 Å². The van der Waals surface area contributed by atoms with Crippen LogP contribution in [-0.4, -0.2) is 24.6 Å². The molecule has 3 aliphatic heterocycles. The molecule has 3 saturated heterocycles. The van der Waals surface area contributed by atoms with E-state index in [1.54, 1.807) is 0 Å². The average Bonchev–Trinajstić information content (AvgIpc) is 1.62. The Hall–Kier alpha value is -0.0800. The van der Waals surface area contributed by atoms with Gasteiger partial charge in [0.1, 0.15) is 0 Å². The van der Waals surface area contributed by atoms with Crippen molar-refractivity contribution in [3.8, 4) is 0 Å². The molecule has 2 nitrogen and oxygen atoms in total. The molecule has 1 atom stereocenters. The molecule has 1 N–H and O–H groups in total. The number of nitrogens with zero attached hydrogens (tertiary/aromatic N) is 1. The highest BCUT2D eigenvalue weighted by Gasteiger charge is 2.35. The largest absolute Gasteiger partial charge is 0.255 e. The van der Waals surface area contributed by atoms with Gasteiger partial charge in [-0.05, 0) is 11.8 Å². The first-order chi connectivity index (χ1) is 3.86. The highest BCUT2D eigenvalue weighted by Crippen LogP contribution is 2.25. The van der Waals surface area contributed by atoms with Crippen LogP contribution in [0.1, 0.15) is 6.92 Å². The van der Waals surface area contributed by atoms with E-state index < -0.39 is 0 Å². The van der Waals surface area contributed by atoms with Crippen LogP contribution >= 0.6 is 0 Å². The lowest BCUT2D eigenvalue weighted by molar-refractivity contribution is -0.0389. The molecule has 0 aromatic heterocycles. The maximum Gasteiger partial charge on any atom is 0.0175 e. The number of nitrogens with one attached hydrogen (secondary N) is 1. The molecule has 8 heavy (non-hydrogen) atoms. The minimum absolute atomic E-state index is 0.917. The lowest BCUT2D eigenvalue weighted by atomic mass is 9.86. The number of hydrogen-bond acceptors (Lipinski definition) is 2. The zero-order chi connectivity index (χ0) is 5.56. The van der Waals surface area contributed by atoms with Gasteiger partial charge in [0.25, 0.3) is 0 Å². The summed E-state index contributed by atoms with van der Waals surface area (Å²) in [4.78, 5) is 0. The second-order valence-electron chi connectivity index (χ2n) is 3.00. The SMILES string of the molecule is CC1CNN2CC1C2. The van der Waals surface area contributed by atoms with Crippen molar-refractivity contribution in [3.63, 3.8) is 0 Å². The topological polar surface area (TPSA) is 15.3 Å². The molecule has 0 spiro atoms. The monoisotopic (exact) mass is 112 g/mol. The third kappa shape index (κ3) is 0.501. The predicted molar refractivity (Wildman–Crippen MR) is 32.2 cm³/mol. The van der Waals surface area contributed by atoms with Crippen molar-refractivity contribution in [1.82, 2.24) is 10.4 Å². The third-order valence-corrected chi connectivity index (χ3v) is 2.35. The van der Waals surface area contributed by atoms with Gasteiger partial charge in [-0.25, -0.2) is 5.01 Å². The Labute approximate surface area is 49.8 Å². The van der Waals surface area contributed by atoms with Gasteiger partial charge in [-0.3, -0.25) is 5.43 Å². The molecule has 0 saturated carbocycles. The van der Waals surface area contributed by atoms with Crippen LogP contribution in [0.25, 0.3) is 0 Å². The second-order valence-corrected chi connectivity index (χ2v) is 3.00. The summed E-state index contributed by atoms with van der Waals surface area (Å²) in [5.41, 5.74) is 3.33. The normalized spacial score (nSPS) is 52.9. The van der Waals surface area contributed by atoms with Gasteiger partial charge in [0.2, 0.25) is 0 Å². The summed E-state index contributed by atoms with van der Waals surface area (Å²) >= 11 is 0. The van der Waals surface area contributed by atoms with Crippen molar-refractivity contribution in [2.24, 2.45) is 11.8 Å². The molecular formula is C6H12N2. The van der Waals surface area contributed by atoms with E-state index in [1.807, 2.05) is 0 Å². The molecule has 2 bridgehead atoms. The molecule has 3 aliphatic rings. The summed E-state index contributed by atoms with van der Waals surface area (Å²) in [6.45, 7) is 6.11. The predicted octanol–water partition coefficient (Wildman–Crippen LogP) is 0.0725. The van der Waals surface area contributed by atoms with Crippen LogP contribution in [0.5, 0.6) is 0 Å². The smallest absolute Gasteiger partial charge is 0.0175 e. The lowest BCUT2D eigenvalue weighted by Crippen LogP contribution is -2.63. The van der Waals surface area contributed by atoms with Gasteiger partial charge < -0.3 is 0 Å². The fourth-order valence-corrected chi connectivity index (χ4v) is 1.44. The molecule has 1 unspecified atom stereocenters. The van der Waals surface area contributed by atoms with Crippen molar-refractivity contribution >= 4 is 0 Å². The second kappa shape index (κ2) is 1.45. The van der Waals surface area contributed by atoms with Crippen LogP contribution < -0.4 is 5.43 Å². The van der Waals surface area contributed by atoms with E-state index in [2.05, 4.69) is 17.4 Å². The first-order valence-electron chi connectivity index (χ1n) is 3.35. The van der Waals surface area contributed by atoms with E-state index in [4.69, 9.17) is 0 Å². The Bertz CT molecular complexity index is 91.2. The first kappa shape index (κ1) is 4.77. The van der Waals surface area contributed by atoms with E-state index in [9.17, 15) is 0 Å². The molecule has 0 aromatic carbocycles. The lowest BCUT2D eigenvalue weighted by Gasteiger charge is -2.48. The zero-order valence-electron chi connectivity index (χ0n) is 5.22. The fraction of sp³-hybridized carbons (Fsp3) is 1.00. The van der Waals surface area contributed by atoms with Crippen molar-refractivity contribution in [1.29, 1.82) is 0 Å². The van der Waals surface area contributed by atoms with Crippen LogP contribution in [0, 0.1) is 11.8 Å². The number of hydrogen-bond donors (Lipinski definition) is 1. The van der Waals surface area contributed by atoms with Crippen LogP contribution in [0.15, 0.2) is 0 Å². The zero-order valence-corrected chi connectivity index (χ0v) is 5.22. The van der Waals surface area contributed by atoms with Crippen molar-refractivity contribution in [3.05, 3.63) is 0 Å². The van der Waals surface area contributed by atoms with Crippen LogP contribution in [0.2, 0.25) is 0 Å². The molecular weight excluding hydrogens is 100 g/mol. The summed E-state index contributed by atoms with van der Waals surface area (Å²) in [7, 11) is 0. The molecule has 0 amide bonds. The Morgan fingerprint density at radius 1 is 1.50 bits per heavy atom. The highest BCUT2D eigenvalue weighted by atomic mass is 15.5. The van der Waals surface area contributed by atoms with E-state index in [-0.39, 0.29) is 0 Å². The number of rotatable bonds is 0. The van der Waals surface area contributed by atoms with E-state index in [1.165, 1.54) is 19.6 Å². The summed E-state index contributed by atoms with van der Waals surface area (Å²) in [5, 5.41) is 2.30. The van der Waals surface area contributed by atoms with Crippen LogP contribution in [0.4, 0.5) is 0 Å². The Kier molecular flexibility index (Phi) is 0.866. The summed E-state index contributed by atoms with van der Waals surface area (Å²) in [6, 6.07) is 0. The molecule has 0 aromatic rings. The number of fused-ring (bicyclic) bond motifs is 2.